The third-order valence-corrected chi connectivity index (χ3v) is 3.19. The molecule has 1 atom stereocenters. The van der Waals surface area contributed by atoms with Crippen molar-refractivity contribution in [3.05, 3.63) is 35.9 Å². The van der Waals surface area contributed by atoms with Crippen LogP contribution in [0.4, 0.5) is 0 Å². The van der Waals surface area contributed by atoms with Gasteiger partial charge in [0, 0.05) is 5.56 Å². The largest absolute Gasteiger partial charge is 0.294 e. The molecule has 0 radical (unpaired) electrons. The van der Waals surface area contributed by atoms with Gasteiger partial charge in [-0.3, -0.25) is 9.69 Å². The van der Waals surface area contributed by atoms with E-state index in [9.17, 15) is 4.79 Å². The van der Waals surface area contributed by atoms with Gasteiger partial charge in [0.1, 0.15) is 0 Å². The van der Waals surface area contributed by atoms with Crippen LogP contribution in [0.3, 0.4) is 0 Å². The SMILES string of the molecule is CCCCN(CC)C(C)C(=O)c1ccccc1. The van der Waals surface area contributed by atoms with E-state index in [2.05, 4.69) is 18.7 Å². The Morgan fingerprint density at radius 1 is 1.24 bits per heavy atom. The van der Waals surface area contributed by atoms with Crippen molar-refractivity contribution in [2.75, 3.05) is 13.1 Å². The Kier molecular flexibility index (Phi) is 5.92. The van der Waals surface area contributed by atoms with Crippen LogP contribution in [0.5, 0.6) is 0 Å². The lowest BCUT2D eigenvalue weighted by Gasteiger charge is -2.26. The van der Waals surface area contributed by atoms with Crippen molar-refractivity contribution in [2.24, 2.45) is 0 Å². The molecule has 0 spiro atoms. The normalized spacial score (nSPS) is 12.7. The standard InChI is InChI=1S/C15H23NO/c1-4-6-12-16(5-2)13(3)15(17)14-10-8-7-9-11-14/h7-11,13H,4-6,12H2,1-3H3. The molecular weight excluding hydrogens is 210 g/mol. The van der Waals surface area contributed by atoms with Crippen molar-refractivity contribution in [1.82, 2.24) is 4.90 Å². The summed E-state index contributed by atoms with van der Waals surface area (Å²) in [5.41, 5.74) is 0.815. The Bertz CT molecular complexity index is 334. The number of hydrogen-bond donors (Lipinski definition) is 0. The molecule has 1 aromatic rings. The number of ketones is 1. The van der Waals surface area contributed by atoms with Crippen LogP contribution in [0.2, 0.25) is 0 Å². The quantitative estimate of drug-likeness (QED) is 0.673. The molecule has 0 bridgehead atoms. The zero-order valence-electron chi connectivity index (χ0n) is 11.1. The number of likely N-dealkylation sites (N-methyl/N-ethyl adjacent to an activating group) is 1. The first-order valence-electron chi connectivity index (χ1n) is 6.54. The van der Waals surface area contributed by atoms with Crippen LogP contribution in [0.15, 0.2) is 30.3 Å². The van der Waals surface area contributed by atoms with Gasteiger partial charge in [-0.1, -0.05) is 50.6 Å². The molecule has 1 aromatic carbocycles. The number of nitrogens with zero attached hydrogens (tertiary/aromatic N) is 1. The van der Waals surface area contributed by atoms with E-state index in [4.69, 9.17) is 0 Å². The smallest absolute Gasteiger partial charge is 0.179 e. The zero-order chi connectivity index (χ0) is 12.7. The van der Waals surface area contributed by atoms with Gasteiger partial charge in [0.15, 0.2) is 5.78 Å². The molecule has 0 aromatic heterocycles. The number of hydrogen-bond acceptors (Lipinski definition) is 2. The van der Waals surface area contributed by atoms with Crippen molar-refractivity contribution in [3.8, 4) is 0 Å². The van der Waals surface area contributed by atoms with E-state index in [0.29, 0.717) is 0 Å². The van der Waals surface area contributed by atoms with E-state index in [-0.39, 0.29) is 11.8 Å². The Morgan fingerprint density at radius 2 is 1.88 bits per heavy atom. The molecule has 1 unspecified atom stereocenters. The third kappa shape index (κ3) is 3.97. The topological polar surface area (TPSA) is 20.3 Å². The van der Waals surface area contributed by atoms with E-state index in [1.807, 2.05) is 37.3 Å². The van der Waals surface area contributed by atoms with E-state index in [1.165, 1.54) is 6.42 Å². The van der Waals surface area contributed by atoms with Gasteiger partial charge >= 0.3 is 0 Å². The summed E-state index contributed by atoms with van der Waals surface area (Å²) in [6, 6.07) is 9.55. The number of carbonyl (C=O) groups is 1. The van der Waals surface area contributed by atoms with Crippen LogP contribution in [-0.2, 0) is 0 Å². The lowest BCUT2D eigenvalue weighted by atomic mass is 10.0. The molecule has 0 amide bonds. The van der Waals surface area contributed by atoms with Crippen LogP contribution in [0.25, 0.3) is 0 Å². The lowest BCUT2D eigenvalue weighted by molar-refractivity contribution is 0.0843. The minimum Gasteiger partial charge on any atom is -0.294 e. The van der Waals surface area contributed by atoms with Gasteiger partial charge in [-0.05, 0) is 26.4 Å². The number of unbranched alkanes of at least 4 members (excludes halogenated alkanes) is 1. The molecule has 0 aliphatic heterocycles. The van der Waals surface area contributed by atoms with Crippen molar-refractivity contribution < 1.29 is 4.79 Å². The molecule has 0 fully saturated rings. The first-order chi connectivity index (χ1) is 8.20. The fourth-order valence-electron chi connectivity index (χ4n) is 2.00. The summed E-state index contributed by atoms with van der Waals surface area (Å²) in [6.07, 6.45) is 2.32. The van der Waals surface area contributed by atoms with E-state index >= 15 is 0 Å². The molecule has 1 rings (SSSR count). The molecule has 17 heavy (non-hydrogen) atoms. The van der Waals surface area contributed by atoms with Gasteiger partial charge in [-0.2, -0.15) is 0 Å². The summed E-state index contributed by atoms with van der Waals surface area (Å²) < 4.78 is 0. The first kappa shape index (κ1) is 13.9. The Hall–Kier alpha value is -1.15. The average Bonchev–Trinajstić information content (AvgIpc) is 2.39. The maximum absolute atomic E-state index is 12.3. The molecule has 0 N–H and O–H groups in total. The second-order valence-corrected chi connectivity index (χ2v) is 4.39. The highest BCUT2D eigenvalue weighted by Crippen LogP contribution is 2.09. The maximum Gasteiger partial charge on any atom is 0.179 e. The molecular formula is C15H23NO. The number of carbonyl (C=O) groups excluding carboxylic acids is 1. The van der Waals surface area contributed by atoms with Crippen LogP contribution >= 0.6 is 0 Å². The third-order valence-electron chi connectivity index (χ3n) is 3.19. The summed E-state index contributed by atoms with van der Waals surface area (Å²) >= 11 is 0. The number of benzene rings is 1. The van der Waals surface area contributed by atoms with Gasteiger partial charge in [-0.25, -0.2) is 0 Å². The molecule has 0 heterocycles. The van der Waals surface area contributed by atoms with Crippen molar-refractivity contribution in [2.45, 2.75) is 39.7 Å². The summed E-state index contributed by atoms with van der Waals surface area (Å²) in [4.78, 5) is 14.5. The summed E-state index contributed by atoms with van der Waals surface area (Å²) in [6.45, 7) is 8.24. The lowest BCUT2D eigenvalue weighted by Crippen LogP contribution is -2.39. The zero-order valence-corrected chi connectivity index (χ0v) is 11.1. The highest BCUT2D eigenvalue weighted by Gasteiger charge is 2.20. The van der Waals surface area contributed by atoms with Gasteiger partial charge in [0.2, 0.25) is 0 Å². The highest BCUT2D eigenvalue weighted by atomic mass is 16.1. The fourth-order valence-corrected chi connectivity index (χ4v) is 2.00. The average molecular weight is 233 g/mol. The Morgan fingerprint density at radius 3 is 2.41 bits per heavy atom. The van der Waals surface area contributed by atoms with Crippen molar-refractivity contribution >= 4 is 5.78 Å². The number of Topliss-reactive ketones (excluding diaryl/α,β-unsaturated/α-hetero) is 1. The monoisotopic (exact) mass is 233 g/mol. The van der Waals surface area contributed by atoms with Crippen LogP contribution in [0, 0.1) is 0 Å². The van der Waals surface area contributed by atoms with Crippen LogP contribution < -0.4 is 0 Å². The summed E-state index contributed by atoms with van der Waals surface area (Å²) in [5.74, 6) is 0.226. The maximum atomic E-state index is 12.3. The highest BCUT2D eigenvalue weighted by molar-refractivity contribution is 5.99. The minimum atomic E-state index is -0.0195. The van der Waals surface area contributed by atoms with Gasteiger partial charge in [0.25, 0.3) is 0 Å². The predicted octanol–water partition coefficient (Wildman–Crippen LogP) is 3.38. The van der Waals surface area contributed by atoms with Crippen LogP contribution in [-0.4, -0.2) is 29.8 Å². The van der Waals surface area contributed by atoms with Gasteiger partial charge in [0.05, 0.1) is 6.04 Å². The Labute approximate surface area is 105 Å². The molecule has 0 saturated carbocycles. The summed E-state index contributed by atoms with van der Waals surface area (Å²) in [7, 11) is 0. The molecule has 0 aliphatic rings. The Balaban J connectivity index is 2.67. The second kappa shape index (κ2) is 7.23. The van der Waals surface area contributed by atoms with Crippen molar-refractivity contribution in [3.63, 3.8) is 0 Å². The molecule has 94 valence electrons. The molecule has 2 heteroatoms. The minimum absolute atomic E-state index is 0.0195. The van der Waals surface area contributed by atoms with Crippen LogP contribution in [0.1, 0.15) is 44.0 Å². The molecule has 2 nitrogen and oxygen atoms in total. The van der Waals surface area contributed by atoms with E-state index in [1.54, 1.807) is 0 Å². The second-order valence-electron chi connectivity index (χ2n) is 4.39. The van der Waals surface area contributed by atoms with E-state index < -0.39 is 0 Å². The van der Waals surface area contributed by atoms with E-state index in [0.717, 1.165) is 25.1 Å². The predicted molar refractivity (Wildman–Crippen MR) is 72.4 cm³/mol. The first-order valence-corrected chi connectivity index (χ1v) is 6.54. The van der Waals surface area contributed by atoms with Crippen molar-refractivity contribution in [1.29, 1.82) is 0 Å². The molecule has 0 aliphatic carbocycles. The van der Waals surface area contributed by atoms with Gasteiger partial charge < -0.3 is 0 Å². The van der Waals surface area contributed by atoms with Gasteiger partial charge in [-0.15, -0.1) is 0 Å². The molecule has 0 saturated heterocycles. The fraction of sp³-hybridized carbons (Fsp3) is 0.533. The number of rotatable bonds is 7. The summed E-state index contributed by atoms with van der Waals surface area (Å²) in [5, 5.41) is 0.